The van der Waals surface area contributed by atoms with Crippen molar-refractivity contribution in [1.82, 2.24) is 5.32 Å². The Kier molecular flexibility index (Phi) is 7.06. The van der Waals surface area contributed by atoms with E-state index in [0.29, 0.717) is 0 Å². The Morgan fingerprint density at radius 2 is 1.84 bits per heavy atom. The maximum Gasteiger partial charge on any atom is 0.326 e. The monoisotopic (exact) mass is 275 g/mol. The molecule has 0 bridgehead atoms. The molecule has 3 N–H and O–H groups in total. The van der Waals surface area contributed by atoms with Gasteiger partial charge in [-0.05, 0) is 26.7 Å². The topological polar surface area (TPSA) is 113 Å². The van der Waals surface area contributed by atoms with E-state index in [1.165, 1.54) is 7.11 Å². The van der Waals surface area contributed by atoms with Gasteiger partial charge in [-0.15, -0.1) is 0 Å². The number of carbonyl (C=O) groups excluding carboxylic acids is 1. The Labute approximate surface area is 111 Å². The number of aliphatic carboxylic acids is 2. The highest BCUT2D eigenvalue weighted by molar-refractivity contribution is 5.84. The molecule has 0 fully saturated rings. The average molecular weight is 275 g/mol. The fourth-order valence-electron chi connectivity index (χ4n) is 1.42. The van der Waals surface area contributed by atoms with Crippen LogP contribution in [0, 0.1) is 0 Å². The first-order chi connectivity index (χ1) is 8.68. The lowest BCUT2D eigenvalue weighted by Gasteiger charge is -2.23. The predicted molar refractivity (Wildman–Crippen MR) is 66.8 cm³/mol. The summed E-state index contributed by atoms with van der Waals surface area (Å²) >= 11 is 0. The lowest BCUT2D eigenvalue weighted by atomic mass is 10.0. The molecule has 0 rings (SSSR count). The van der Waals surface area contributed by atoms with Crippen LogP contribution in [0.25, 0.3) is 0 Å². The average Bonchev–Trinajstić information content (AvgIpc) is 2.26. The minimum absolute atomic E-state index is 0.0339. The second kappa shape index (κ2) is 7.73. The fourth-order valence-corrected chi connectivity index (χ4v) is 1.42. The van der Waals surface area contributed by atoms with Gasteiger partial charge in [-0.1, -0.05) is 0 Å². The number of rotatable bonds is 9. The maximum absolute atomic E-state index is 11.7. The molecule has 0 aromatic rings. The zero-order valence-corrected chi connectivity index (χ0v) is 11.4. The molecule has 1 amide bonds. The summed E-state index contributed by atoms with van der Waals surface area (Å²) in [5.41, 5.74) is -0.672. The van der Waals surface area contributed by atoms with Crippen molar-refractivity contribution in [3.8, 4) is 0 Å². The number of carboxylic acids is 2. The van der Waals surface area contributed by atoms with Crippen LogP contribution >= 0.6 is 0 Å². The number of methoxy groups -OCH3 is 1. The van der Waals surface area contributed by atoms with E-state index in [1.54, 1.807) is 13.8 Å². The van der Waals surface area contributed by atoms with Crippen LogP contribution in [0.15, 0.2) is 0 Å². The molecular formula is C12H21NO6. The zero-order chi connectivity index (χ0) is 15.1. The molecule has 1 atom stereocenters. The van der Waals surface area contributed by atoms with Gasteiger partial charge in [0.05, 0.1) is 12.0 Å². The minimum Gasteiger partial charge on any atom is -0.481 e. The van der Waals surface area contributed by atoms with E-state index in [9.17, 15) is 14.4 Å². The quantitative estimate of drug-likeness (QED) is 0.568. The number of carbonyl (C=O) groups is 3. The molecule has 0 heterocycles. The Bertz CT molecular complexity index is 339. The zero-order valence-electron chi connectivity index (χ0n) is 11.4. The van der Waals surface area contributed by atoms with E-state index in [-0.39, 0.29) is 25.7 Å². The highest BCUT2D eigenvalue weighted by Gasteiger charge is 2.25. The summed E-state index contributed by atoms with van der Waals surface area (Å²) in [6, 6.07) is -1.07. The van der Waals surface area contributed by atoms with E-state index < -0.39 is 29.5 Å². The van der Waals surface area contributed by atoms with Gasteiger partial charge in [0.15, 0.2) is 0 Å². The van der Waals surface area contributed by atoms with Crippen LogP contribution in [-0.2, 0) is 19.1 Å². The van der Waals surface area contributed by atoms with Gasteiger partial charge >= 0.3 is 11.9 Å². The Morgan fingerprint density at radius 3 is 2.26 bits per heavy atom. The normalized spacial score (nSPS) is 12.8. The van der Waals surface area contributed by atoms with E-state index in [1.807, 2.05) is 0 Å². The van der Waals surface area contributed by atoms with Gasteiger partial charge in [-0.25, -0.2) is 4.79 Å². The van der Waals surface area contributed by atoms with E-state index in [0.717, 1.165) is 0 Å². The summed E-state index contributed by atoms with van der Waals surface area (Å²) in [6.07, 6.45) is 0.191. The summed E-state index contributed by atoms with van der Waals surface area (Å²) in [7, 11) is 1.47. The molecule has 0 aliphatic rings. The van der Waals surface area contributed by atoms with Crippen LogP contribution in [0.1, 0.15) is 39.5 Å². The molecule has 0 aromatic heterocycles. The number of ether oxygens (including phenoxy) is 1. The molecule has 110 valence electrons. The Hall–Kier alpha value is -1.63. The van der Waals surface area contributed by atoms with Gasteiger partial charge in [0, 0.05) is 13.5 Å². The van der Waals surface area contributed by atoms with Crippen molar-refractivity contribution in [2.24, 2.45) is 0 Å². The van der Waals surface area contributed by atoms with Crippen molar-refractivity contribution >= 4 is 17.8 Å². The molecule has 0 aliphatic carbocycles. The lowest BCUT2D eigenvalue weighted by molar-refractivity contribution is -0.143. The molecule has 0 radical (unpaired) electrons. The highest BCUT2D eigenvalue weighted by Crippen LogP contribution is 2.13. The smallest absolute Gasteiger partial charge is 0.326 e. The van der Waals surface area contributed by atoms with Crippen molar-refractivity contribution in [3.63, 3.8) is 0 Å². The van der Waals surface area contributed by atoms with Crippen molar-refractivity contribution < 1.29 is 29.3 Å². The third-order valence-corrected chi connectivity index (χ3v) is 2.66. The van der Waals surface area contributed by atoms with Gasteiger partial charge in [0.25, 0.3) is 0 Å². The molecule has 0 aliphatic heterocycles. The SMILES string of the molecule is COC(C)(C)CC(=O)N[C@H](CCCC(=O)O)C(=O)O. The molecule has 0 aromatic carbocycles. The highest BCUT2D eigenvalue weighted by atomic mass is 16.5. The Morgan fingerprint density at radius 1 is 1.26 bits per heavy atom. The third kappa shape index (κ3) is 8.15. The largest absolute Gasteiger partial charge is 0.481 e. The number of carboxylic acid groups (broad SMARTS) is 2. The summed E-state index contributed by atoms with van der Waals surface area (Å²) in [4.78, 5) is 33.0. The predicted octanol–water partition coefficient (Wildman–Crippen LogP) is 0.626. The van der Waals surface area contributed by atoms with E-state index >= 15 is 0 Å². The van der Waals surface area contributed by atoms with Gasteiger partial charge in [0.1, 0.15) is 6.04 Å². The van der Waals surface area contributed by atoms with Crippen molar-refractivity contribution in [3.05, 3.63) is 0 Å². The molecular weight excluding hydrogens is 254 g/mol. The van der Waals surface area contributed by atoms with Crippen molar-refractivity contribution in [1.29, 1.82) is 0 Å². The first-order valence-electron chi connectivity index (χ1n) is 5.97. The van der Waals surface area contributed by atoms with E-state index in [2.05, 4.69) is 5.32 Å². The summed E-state index contributed by atoms with van der Waals surface area (Å²) < 4.78 is 5.08. The minimum atomic E-state index is -1.17. The molecule has 19 heavy (non-hydrogen) atoms. The van der Waals surface area contributed by atoms with Crippen LogP contribution < -0.4 is 5.32 Å². The number of hydrogen-bond acceptors (Lipinski definition) is 4. The first-order valence-corrected chi connectivity index (χ1v) is 5.97. The third-order valence-electron chi connectivity index (χ3n) is 2.66. The standard InChI is InChI=1S/C12H21NO6/c1-12(2,19-3)7-9(14)13-8(11(17)18)5-4-6-10(15)16/h8H,4-7H2,1-3H3,(H,13,14)(H,15,16)(H,17,18)/t8-/m1/s1. The van der Waals surface area contributed by atoms with Crippen molar-refractivity contribution in [2.75, 3.05) is 7.11 Å². The lowest BCUT2D eigenvalue weighted by Crippen LogP contribution is -2.43. The summed E-state index contributed by atoms with van der Waals surface area (Å²) in [6.45, 7) is 3.43. The van der Waals surface area contributed by atoms with Crippen LogP contribution in [0.2, 0.25) is 0 Å². The molecule has 0 unspecified atom stereocenters. The Balaban J connectivity index is 4.31. The number of hydrogen-bond donors (Lipinski definition) is 3. The second-order valence-corrected chi connectivity index (χ2v) is 4.88. The van der Waals surface area contributed by atoms with Crippen LogP contribution in [0.4, 0.5) is 0 Å². The number of nitrogens with one attached hydrogen (secondary N) is 1. The maximum atomic E-state index is 11.7. The molecule has 0 spiro atoms. The second-order valence-electron chi connectivity index (χ2n) is 4.88. The van der Waals surface area contributed by atoms with Crippen LogP contribution in [0.5, 0.6) is 0 Å². The molecule has 7 heteroatoms. The summed E-state index contributed by atoms with van der Waals surface area (Å²) in [5, 5.41) is 19.8. The van der Waals surface area contributed by atoms with Crippen LogP contribution in [0.3, 0.4) is 0 Å². The molecule has 0 saturated heterocycles. The van der Waals surface area contributed by atoms with E-state index in [4.69, 9.17) is 14.9 Å². The molecule has 7 nitrogen and oxygen atoms in total. The van der Waals surface area contributed by atoms with Gasteiger partial charge in [0.2, 0.25) is 5.91 Å². The van der Waals surface area contributed by atoms with Crippen molar-refractivity contribution in [2.45, 2.75) is 51.2 Å². The number of amides is 1. The summed E-state index contributed by atoms with van der Waals surface area (Å²) in [5.74, 6) is -2.60. The van der Waals surface area contributed by atoms with Crippen LogP contribution in [-0.4, -0.2) is 46.8 Å². The molecule has 0 saturated carbocycles. The van der Waals surface area contributed by atoms with Gasteiger partial charge in [-0.3, -0.25) is 9.59 Å². The van der Waals surface area contributed by atoms with Gasteiger partial charge in [-0.2, -0.15) is 0 Å². The fraction of sp³-hybridized carbons (Fsp3) is 0.750. The van der Waals surface area contributed by atoms with Gasteiger partial charge < -0.3 is 20.3 Å². The first kappa shape index (κ1) is 17.4.